The summed E-state index contributed by atoms with van der Waals surface area (Å²) in [7, 11) is 0. The summed E-state index contributed by atoms with van der Waals surface area (Å²) in [6, 6.07) is 25.5. The van der Waals surface area contributed by atoms with Gasteiger partial charge in [-0.25, -0.2) is 0 Å². The van der Waals surface area contributed by atoms with E-state index < -0.39 is 0 Å². The van der Waals surface area contributed by atoms with Crippen molar-refractivity contribution in [1.82, 2.24) is 9.13 Å². The summed E-state index contributed by atoms with van der Waals surface area (Å²) in [4.78, 5) is 0. The molecule has 1 aliphatic rings. The van der Waals surface area contributed by atoms with Crippen LogP contribution < -0.4 is 5.62 Å². The van der Waals surface area contributed by atoms with Crippen molar-refractivity contribution in [3.8, 4) is 0 Å². The van der Waals surface area contributed by atoms with E-state index in [1.54, 1.807) is 0 Å². The summed E-state index contributed by atoms with van der Waals surface area (Å²) in [6.45, 7) is 4.19. The van der Waals surface area contributed by atoms with Crippen LogP contribution in [-0.4, -0.2) is 20.8 Å². The molecule has 3 aromatic carbocycles. The van der Waals surface area contributed by atoms with Gasteiger partial charge in [-0.2, -0.15) is 0 Å². The molecule has 1 saturated carbocycles. The predicted molar refractivity (Wildman–Crippen MR) is 139 cm³/mol. The predicted octanol–water partition coefficient (Wildman–Crippen LogP) is 5.89. The van der Waals surface area contributed by atoms with Gasteiger partial charge in [0, 0.05) is 0 Å². The van der Waals surface area contributed by atoms with Crippen LogP contribution in [0.3, 0.4) is 0 Å². The van der Waals surface area contributed by atoms with Crippen LogP contribution in [0, 0.1) is 25.2 Å². The van der Waals surface area contributed by atoms with E-state index in [1.807, 2.05) is 10.6 Å². The van der Waals surface area contributed by atoms with Gasteiger partial charge in [0.2, 0.25) is 5.62 Å². The molecule has 4 nitrogen and oxygen atoms in total. The van der Waals surface area contributed by atoms with E-state index in [1.165, 1.54) is 35.1 Å². The quantitative estimate of drug-likeness (QED) is 0.323. The monoisotopic (exact) mass is 505 g/mol. The number of aliphatic hydroxyl groups is 1. The number of halogens is 1. The number of benzene rings is 3. The SMILES string of the molecule is Br.Cc1ccc(C[C@@H](CO)n2c(=N)n(C(c3ccc(C)cc3)C3CC3)c3ccccc32)cc1. The van der Waals surface area contributed by atoms with E-state index in [-0.39, 0.29) is 35.7 Å². The van der Waals surface area contributed by atoms with Gasteiger partial charge in [0.15, 0.2) is 0 Å². The second-order valence-electron chi connectivity index (χ2n) is 9.27. The van der Waals surface area contributed by atoms with Gasteiger partial charge in [-0.05, 0) is 62.3 Å². The van der Waals surface area contributed by atoms with Gasteiger partial charge in [0.05, 0.1) is 29.7 Å². The van der Waals surface area contributed by atoms with E-state index in [2.05, 4.69) is 85.1 Å². The van der Waals surface area contributed by atoms with Crippen LogP contribution in [0.5, 0.6) is 0 Å². The summed E-state index contributed by atoms with van der Waals surface area (Å²) in [5.74, 6) is 0.552. The zero-order valence-corrected chi connectivity index (χ0v) is 21.0. The van der Waals surface area contributed by atoms with Crippen LogP contribution in [0.2, 0.25) is 0 Å². The minimum Gasteiger partial charge on any atom is -0.394 e. The van der Waals surface area contributed by atoms with Crippen LogP contribution in [0.4, 0.5) is 0 Å². The Bertz CT molecular complexity index is 1280. The molecule has 172 valence electrons. The summed E-state index contributed by atoms with van der Waals surface area (Å²) < 4.78 is 4.24. The molecule has 1 aromatic heterocycles. The first kappa shape index (κ1) is 23.5. The Balaban J connectivity index is 0.00000259. The van der Waals surface area contributed by atoms with Gasteiger partial charge in [-0.1, -0.05) is 71.8 Å². The van der Waals surface area contributed by atoms with E-state index in [0.29, 0.717) is 18.0 Å². The topological polar surface area (TPSA) is 53.9 Å². The highest BCUT2D eigenvalue weighted by Crippen LogP contribution is 2.44. The smallest absolute Gasteiger partial charge is 0.203 e. The Labute approximate surface area is 205 Å². The molecular weight excluding hydrogens is 474 g/mol. The first-order valence-electron chi connectivity index (χ1n) is 11.6. The third kappa shape index (κ3) is 4.57. The average molecular weight is 506 g/mol. The van der Waals surface area contributed by atoms with Crippen LogP contribution in [-0.2, 0) is 6.42 Å². The highest BCUT2D eigenvalue weighted by Gasteiger charge is 2.36. The molecule has 0 amide bonds. The third-order valence-electron chi connectivity index (χ3n) is 6.79. The molecule has 5 heteroatoms. The molecule has 5 rings (SSSR count). The zero-order chi connectivity index (χ0) is 22.2. The number of hydrogen-bond donors (Lipinski definition) is 2. The Morgan fingerprint density at radius 2 is 1.39 bits per heavy atom. The number of aryl methyl sites for hydroxylation is 2. The van der Waals surface area contributed by atoms with Gasteiger partial charge in [-0.3, -0.25) is 5.41 Å². The van der Waals surface area contributed by atoms with Crippen molar-refractivity contribution in [1.29, 1.82) is 5.41 Å². The molecule has 0 radical (unpaired) electrons. The number of aromatic nitrogens is 2. The fourth-order valence-electron chi connectivity index (χ4n) is 4.91. The van der Waals surface area contributed by atoms with Crippen LogP contribution in [0.1, 0.15) is 47.2 Å². The largest absolute Gasteiger partial charge is 0.394 e. The van der Waals surface area contributed by atoms with Crippen molar-refractivity contribution < 1.29 is 5.11 Å². The Kier molecular flexibility index (Phi) is 6.91. The lowest BCUT2D eigenvalue weighted by Crippen LogP contribution is -2.33. The van der Waals surface area contributed by atoms with Crippen molar-refractivity contribution >= 4 is 28.0 Å². The molecule has 2 N–H and O–H groups in total. The van der Waals surface area contributed by atoms with Crippen molar-refractivity contribution in [3.05, 3.63) is 101 Å². The molecule has 1 unspecified atom stereocenters. The van der Waals surface area contributed by atoms with Gasteiger partial charge in [0.25, 0.3) is 0 Å². The fourth-order valence-corrected chi connectivity index (χ4v) is 4.91. The number of rotatable bonds is 7. The molecule has 2 atom stereocenters. The lowest BCUT2D eigenvalue weighted by atomic mass is 10.0. The highest BCUT2D eigenvalue weighted by atomic mass is 79.9. The number of nitrogens with one attached hydrogen (secondary N) is 1. The zero-order valence-electron chi connectivity index (χ0n) is 19.2. The molecular formula is C28H32BrN3O. The van der Waals surface area contributed by atoms with E-state index in [9.17, 15) is 10.5 Å². The van der Waals surface area contributed by atoms with Crippen molar-refractivity contribution in [2.24, 2.45) is 5.92 Å². The van der Waals surface area contributed by atoms with Crippen molar-refractivity contribution in [2.75, 3.05) is 6.61 Å². The first-order valence-corrected chi connectivity index (χ1v) is 11.6. The Morgan fingerprint density at radius 3 is 1.94 bits per heavy atom. The van der Waals surface area contributed by atoms with Crippen LogP contribution in [0.25, 0.3) is 11.0 Å². The standard InChI is InChI=1S/C28H31N3O.BrH/c1-19-7-11-21(12-8-19)17-24(18-32)30-25-5-3-4-6-26(25)31(28(30)29)27(23-15-16-23)22-13-9-20(2)10-14-22;/h3-14,23-24,27,29,32H,15-18H2,1-2H3;1H/t24-,27?;/m0./s1. The lowest BCUT2D eigenvalue weighted by Gasteiger charge is -2.21. The Hall–Kier alpha value is -2.63. The van der Waals surface area contributed by atoms with Gasteiger partial charge in [0.1, 0.15) is 0 Å². The van der Waals surface area contributed by atoms with Crippen molar-refractivity contribution in [2.45, 2.75) is 45.2 Å². The number of imidazole rings is 1. The van der Waals surface area contributed by atoms with E-state index in [0.717, 1.165) is 11.0 Å². The number of hydrogen-bond acceptors (Lipinski definition) is 2. The molecule has 0 spiro atoms. The summed E-state index contributed by atoms with van der Waals surface area (Å²) in [5, 5.41) is 19.6. The van der Waals surface area contributed by atoms with Crippen LogP contribution in [0.15, 0.2) is 72.8 Å². The number of nitrogens with zero attached hydrogens (tertiary/aromatic N) is 2. The molecule has 0 saturated heterocycles. The average Bonchev–Trinajstić information content (AvgIpc) is 3.60. The molecule has 1 aliphatic carbocycles. The lowest BCUT2D eigenvalue weighted by molar-refractivity contribution is 0.224. The number of para-hydroxylation sites is 2. The second kappa shape index (κ2) is 9.70. The fraction of sp³-hybridized carbons (Fsp3) is 0.321. The van der Waals surface area contributed by atoms with Gasteiger partial charge in [-0.15, -0.1) is 17.0 Å². The molecule has 0 aliphatic heterocycles. The number of aliphatic hydroxyl groups excluding tert-OH is 1. The molecule has 1 fully saturated rings. The normalized spacial score (nSPS) is 15.2. The maximum atomic E-state index is 10.4. The minimum atomic E-state index is -0.186. The Morgan fingerprint density at radius 1 is 0.848 bits per heavy atom. The molecule has 0 bridgehead atoms. The molecule has 1 heterocycles. The van der Waals surface area contributed by atoms with Crippen LogP contribution >= 0.6 is 17.0 Å². The summed E-state index contributed by atoms with van der Waals surface area (Å²) in [6.07, 6.45) is 3.08. The second-order valence-corrected chi connectivity index (χ2v) is 9.27. The van der Waals surface area contributed by atoms with Gasteiger partial charge >= 0.3 is 0 Å². The highest BCUT2D eigenvalue weighted by molar-refractivity contribution is 8.93. The first-order chi connectivity index (χ1) is 15.6. The third-order valence-corrected chi connectivity index (χ3v) is 6.79. The molecule has 33 heavy (non-hydrogen) atoms. The summed E-state index contributed by atoms with van der Waals surface area (Å²) in [5.41, 5.74) is 7.47. The maximum Gasteiger partial charge on any atom is 0.203 e. The number of fused-ring (bicyclic) bond motifs is 1. The summed E-state index contributed by atoms with van der Waals surface area (Å²) >= 11 is 0. The van der Waals surface area contributed by atoms with Crippen molar-refractivity contribution in [3.63, 3.8) is 0 Å². The van der Waals surface area contributed by atoms with E-state index >= 15 is 0 Å². The minimum absolute atomic E-state index is 0. The molecule has 4 aromatic rings. The maximum absolute atomic E-state index is 10.4. The van der Waals surface area contributed by atoms with Gasteiger partial charge < -0.3 is 14.2 Å². The van der Waals surface area contributed by atoms with E-state index in [4.69, 9.17) is 0 Å².